The summed E-state index contributed by atoms with van der Waals surface area (Å²) >= 11 is 0. The number of phenols is 1. The van der Waals surface area contributed by atoms with E-state index >= 15 is 0 Å². The Morgan fingerprint density at radius 1 is 1.30 bits per heavy atom. The van der Waals surface area contributed by atoms with Crippen molar-refractivity contribution in [3.8, 4) is 5.75 Å². The van der Waals surface area contributed by atoms with Gasteiger partial charge in [-0.25, -0.2) is 4.39 Å². The van der Waals surface area contributed by atoms with Crippen LogP contribution in [0, 0.1) is 11.2 Å². The summed E-state index contributed by atoms with van der Waals surface area (Å²) in [5, 5.41) is 13.6. The van der Waals surface area contributed by atoms with Crippen molar-refractivity contribution in [2.45, 2.75) is 26.8 Å². The van der Waals surface area contributed by atoms with Crippen LogP contribution in [-0.2, 0) is 0 Å². The van der Waals surface area contributed by atoms with E-state index in [0.29, 0.717) is 5.56 Å². The van der Waals surface area contributed by atoms with Crippen molar-refractivity contribution in [2.24, 2.45) is 5.41 Å². The standard InChI is InChI=1S/C15H24FN3O/c1-15(2,3)14(19-6-4-18-5-7-19)11-8-10(16)9-12(17)13(11)20/h8-9,14,18,20H,4-7,17H2,1-3H3/t14-/m1/s1. The number of halogens is 1. The number of rotatable bonds is 2. The van der Waals surface area contributed by atoms with E-state index in [1.165, 1.54) is 6.07 Å². The number of hydrogen-bond donors (Lipinski definition) is 3. The molecule has 0 saturated carbocycles. The van der Waals surface area contributed by atoms with Gasteiger partial charge < -0.3 is 16.2 Å². The molecule has 0 amide bonds. The van der Waals surface area contributed by atoms with Gasteiger partial charge in [-0.1, -0.05) is 20.8 Å². The summed E-state index contributed by atoms with van der Waals surface area (Å²) in [6, 6.07) is 2.50. The predicted molar refractivity (Wildman–Crippen MR) is 79.1 cm³/mol. The first-order valence-electron chi connectivity index (χ1n) is 7.03. The Bertz CT molecular complexity index is 479. The van der Waals surface area contributed by atoms with E-state index in [0.717, 1.165) is 32.2 Å². The largest absolute Gasteiger partial charge is 0.505 e. The molecule has 1 aromatic rings. The molecule has 4 N–H and O–H groups in total. The molecule has 1 heterocycles. The summed E-state index contributed by atoms with van der Waals surface area (Å²) in [6.45, 7) is 9.84. The van der Waals surface area contributed by atoms with Gasteiger partial charge in [-0.15, -0.1) is 0 Å². The molecule has 20 heavy (non-hydrogen) atoms. The Morgan fingerprint density at radius 2 is 1.90 bits per heavy atom. The lowest BCUT2D eigenvalue weighted by molar-refractivity contribution is 0.0841. The zero-order valence-corrected chi connectivity index (χ0v) is 12.4. The third-order valence-corrected chi connectivity index (χ3v) is 3.77. The lowest BCUT2D eigenvalue weighted by Crippen LogP contribution is -2.48. The Kier molecular flexibility index (Phi) is 4.20. The van der Waals surface area contributed by atoms with E-state index < -0.39 is 5.82 Å². The second kappa shape index (κ2) is 5.58. The first-order chi connectivity index (χ1) is 9.30. The van der Waals surface area contributed by atoms with Crippen molar-refractivity contribution in [1.82, 2.24) is 10.2 Å². The molecule has 1 aliphatic heterocycles. The van der Waals surface area contributed by atoms with E-state index in [-0.39, 0.29) is 22.9 Å². The van der Waals surface area contributed by atoms with Crippen LogP contribution >= 0.6 is 0 Å². The van der Waals surface area contributed by atoms with Crippen LogP contribution in [0.4, 0.5) is 10.1 Å². The van der Waals surface area contributed by atoms with Gasteiger partial charge in [0.05, 0.1) is 5.69 Å². The fourth-order valence-corrected chi connectivity index (χ4v) is 3.00. The number of nitrogens with zero attached hydrogens (tertiary/aromatic N) is 1. The Hall–Kier alpha value is -1.33. The number of phenolic OH excluding ortho intramolecular Hbond substituents is 1. The summed E-state index contributed by atoms with van der Waals surface area (Å²) in [4.78, 5) is 2.28. The van der Waals surface area contributed by atoms with Gasteiger partial charge in [0.15, 0.2) is 0 Å². The number of nitrogen functional groups attached to an aromatic ring is 1. The zero-order valence-electron chi connectivity index (χ0n) is 12.4. The van der Waals surface area contributed by atoms with E-state index in [1.54, 1.807) is 0 Å². The van der Waals surface area contributed by atoms with Crippen molar-refractivity contribution < 1.29 is 9.50 Å². The van der Waals surface area contributed by atoms with Crippen molar-refractivity contribution in [2.75, 3.05) is 31.9 Å². The fourth-order valence-electron chi connectivity index (χ4n) is 3.00. The van der Waals surface area contributed by atoms with Gasteiger partial charge >= 0.3 is 0 Å². The summed E-state index contributed by atoms with van der Waals surface area (Å²) in [7, 11) is 0. The fraction of sp³-hybridized carbons (Fsp3) is 0.600. The number of anilines is 1. The number of benzene rings is 1. The maximum Gasteiger partial charge on any atom is 0.143 e. The molecule has 5 heteroatoms. The third-order valence-electron chi connectivity index (χ3n) is 3.77. The summed E-state index contributed by atoms with van der Waals surface area (Å²) < 4.78 is 13.7. The van der Waals surface area contributed by atoms with Crippen LogP contribution in [0.25, 0.3) is 0 Å². The SMILES string of the molecule is CC(C)(C)[C@@H](c1cc(F)cc(N)c1O)N1CCNCC1. The third kappa shape index (κ3) is 3.04. The molecule has 1 fully saturated rings. The first kappa shape index (κ1) is 15.1. The lowest BCUT2D eigenvalue weighted by atomic mass is 9.80. The topological polar surface area (TPSA) is 61.5 Å². The number of piperazine rings is 1. The Balaban J connectivity index is 2.46. The summed E-state index contributed by atoms with van der Waals surface area (Å²) in [5.74, 6) is -0.399. The van der Waals surface area contributed by atoms with Gasteiger partial charge in [0, 0.05) is 43.9 Å². The minimum absolute atomic E-state index is 0.00450. The highest BCUT2D eigenvalue weighted by molar-refractivity contribution is 5.57. The van der Waals surface area contributed by atoms with Crippen molar-refractivity contribution in [3.63, 3.8) is 0 Å². The average Bonchev–Trinajstić information content (AvgIpc) is 2.35. The van der Waals surface area contributed by atoms with Crippen LogP contribution in [0.2, 0.25) is 0 Å². The van der Waals surface area contributed by atoms with Crippen LogP contribution in [-0.4, -0.2) is 36.2 Å². The molecule has 1 aliphatic rings. The van der Waals surface area contributed by atoms with Crippen LogP contribution in [0.15, 0.2) is 12.1 Å². The van der Waals surface area contributed by atoms with Gasteiger partial charge in [-0.05, 0) is 11.5 Å². The quantitative estimate of drug-likeness (QED) is 0.574. The highest BCUT2D eigenvalue weighted by atomic mass is 19.1. The van der Waals surface area contributed by atoms with Crippen molar-refractivity contribution in [1.29, 1.82) is 0 Å². The lowest BCUT2D eigenvalue weighted by Gasteiger charge is -2.42. The minimum atomic E-state index is -0.403. The van der Waals surface area contributed by atoms with Crippen molar-refractivity contribution >= 4 is 5.69 Å². The van der Waals surface area contributed by atoms with Crippen LogP contribution in [0.5, 0.6) is 5.75 Å². The molecule has 0 spiro atoms. The maximum absolute atomic E-state index is 13.7. The molecular weight excluding hydrogens is 257 g/mol. The van der Waals surface area contributed by atoms with Crippen molar-refractivity contribution in [3.05, 3.63) is 23.5 Å². The highest BCUT2D eigenvalue weighted by Gasteiger charge is 2.35. The number of hydrogen-bond acceptors (Lipinski definition) is 4. The highest BCUT2D eigenvalue weighted by Crippen LogP contribution is 2.43. The van der Waals surface area contributed by atoms with Gasteiger partial charge in [0.1, 0.15) is 11.6 Å². The molecule has 0 radical (unpaired) electrons. The Labute approximate surface area is 119 Å². The molecule has 1 aromatic carbocycles. The number of aromatic hydroxyl groups is 1. The molecule has 1 atom stereocenters. The summed E-state index contributed by atoms with van der Waals surface area (Å²) in [6.07, 6.45) is 0. The average molecular weight is 281 g/mol. The first-order valence-corrected chi connectivity index (χ1v) is 7.03. The van der Waals surface area contributed by atoms with Gasteiger partial charge in [-0.3, -0.25) is 4.90 Å². The predicted octanol–water partition coefficient (Wildman–Crippen LogP) is 2.11. The van der Waals surface area contributed by atoms with E-state index in [2.05, 4.69) is 31.0 Å². The molecule has 2 rings (SSSR count). The molecule has 0 aliphatic carbocycles. The van der Waals surface area contributed by atoms with Gasteiger partial charge in [0.2, 0.25) is 0 Å². The molecule has 0 bridgehead atoms. The monoisotopic (exact) mass is 281 g/mol. The minimum Gasteiger partial charge on any atom is -0.505 e. The van der Waals surface area contributed by atoms with E-state index in [1.807, 2.05) is 0 Å². The van der Waals surface area contributed by atoms with Gasteiger partial charge in [0.25, 0.3) is 0 Å². The molecule has 1 saturated heterocycles. The summed E-state index contributed by atoms with van der Waals surface area (Å²) in [5.41, 5.74) is 6.26. The molecule has 0 aromatic heterocycles. The van der Waals surface area contributed by atoms with Crippen LogP contribution in [0.1, 0.15) is 32.4 Å². The zero-order chi connectivity index (χ0) is 14.9. The van der Waals surface area contributed by atoms with Gasteiger partial charge in [-0.2, -0.15) is 0 Å². The Morgan fingerprint density at radius 3 is 2.45 bits per heavy atom. The second-order valence-electron chi connectivity index (χ2n) is 6.49. The number of nitrogens with one attached hydrogen (secondary N) is 1. The normalized spacial score (nSPS) is 19.0. The van der Waals surface area contributed by atoms with E-state index in [4.69, 9.17) is 5.73 Å². The molecule has 112 valence electrons. The smallest absolute Gasteiger partial charge is 0.143 e. The maximum atomic E-state index is 13.7. The molecular formula is C15H24FN3O. The second-order valence-corrected chi connectivity index (χ2v) is 6.49. The van der Waals surface area contributed by atoms with Crippen LogP contribution in [0.3, 0.4) is 0 Å². The number of nitrogens with two attached hydrogens (primary N) is 1. The molecule has 0 unspecified atom stereocenters. The molecule has 4 nitrogen and oxygen atoms in total. The van der Waals surface area contributed by atoms with Crippen LogP contribution < -0.4 is 11.1 Å². The van der Waals surface area contributed by atoms with E-state index in [9.17, 15) is 9.50 Å².